The van der Waals surface area contributed by atoms with Crippen LogP contribution in [0.3, 0.4) is 0 Å². The third kappa shape index (κ3) is 4.37. The van der Waals surface area contributed by atoms with Crippen LogP contribution in [-0.2, 0) is 0 Å². The highest BCUT2D eigenvalue weighted by molar-refractivity contribution is 7.99. The molecule has 0 saturated heterocycles. The van der Waals surface area contributed by atoms with Gasteiger partial charge < -0.3 is 0 Å². The molecule has 0 aliphatic carbocycles. The lowest BCUT2D eigenvalue weighted by atomic mass is 10.2. The Morgan fingerprint density at radius 3 is 2.62 bits per heavy atom. The van der Waals surface area contributed by atoms with Crippen LogP contribution in [0.2, 0.25) is 0 Å². The Bertz CT molecular complexity index is 424. The van der Waals surface area contributed by atoms with Gasteiger partial charge in [-0.05, 0) is 32.1 Å². The molecule has 0 bridgehead atoms. The summed E-state index contributed by atoms with van der Waals surface area (Å²) >= 11 is 1.82. The van der Waals surface area contributed by atoms with Gasteiger partial charge in [-0.1, -0.05) is 29.3 Å². The predicted molar refractivity (Wildman–Crippen MR) is 70.3 cm³/mol. The van der Waals surface area contributed by atoms with Gasteiger partial charge in [0.05, 0.1) is 6.07 Å². The van der Waals surface area contributed by atoms with Crippen LogP contribution in [0.25, 0.3) is 0 Å². The van der Waals surface area contributed by atoms with E-state index in [-0.39, 0.29) is 0 Å². The van der Waals surface area contributed by atoms with E-state index in [2.05, 4.69) is 19.1 Å². The molecule has 1 aromatic carbocycles. The topological polar surface area (TPSA) is 23.8 Å². The Balaban J connectivity index is 2.56. The van der Waals surface area contributed by atoms with Crippen LogP contribution in [-0.4, -0.2) is 5.75 Å². The average molecular weight is 229 g/mol. The smallest absolute Gasteiger partial charge is 0.0912 e. The van der Waals surface area contributed by atoms with Gasteiger partial charge in [-0.15, -0.1) is 11.8 Å². The maximum absolute atomic E-state index is 8.44. The fourth-order valence-electron chi connectivity index (χ4n) is 1.13. The molecule has 1 aromatic rings. The van der Waals surface area contributed by atoms with Crippen molar-refractivity contribution in [2.45, 2.75) is 18.7 Å². The van der Waals surface area contributed by atoms with Gasteiger partial charge in [0, 0.05) is 16.7 Å². The first-order valence-corrected chi connectivity index (χ1v) is 6.13. The summed E-state index contributed by atoms with van der Waals surface area (Å²) in [6.45, 7) is 4.14. The highest BCUT2D eigenvalue weighted by Gasteiger charge is 1.96. The van der Waals surface area contributed by atoms with E-state index in [4.69, 9.17) is 5.26 Å². The fourth-order valence-corrected chi connectivity index (χ4v) is 2.09. The third-order valence-corrected chi connectivity index (χ3v) is 3.46. The lowest BCUT2D eigenvalue weighted by molar-refractivity contribution is 1.30. The number of nitrogens with zero attached hydrogens (tertiary/aromatic N) is 1. The molecule has 0 aromatic heterocycles. The van der Waals surface area contributed by atoms with Gasteiger partial charge >= 0.3 is 0 Å². The molecule has 0 aliphatic heterocycles. The van der Waals surface area contributed by atoms with E-state index in [1.807, 2.05) is 49.0 Å². The van der Waals surface area contributed by atoms with Crippen molar-refractivity contribution in [3.63, 3.8) is 0 Å². The molecule has 0 N–H and O–H groups in total. The molecular weight excluding hydrogens is 214 g/mol. The summed E-state index contributed by atoms with van der Waals surface area (Å²) < 4.78 is 0. The molecular formula is C14H15NS. The summed E-state index contributed by atoms with van der Waals surface area (Å²) in [6, 6.07) is 12.3. The molecule has 1 rings (SSSR count). The monoisotopic (exact) mass is 229 g/mol. The van der Waals surface area contributed by atoms with E-state index < -0.39 is 0 Å². The van der Waals surface area contributed by atoms with E-state index >= 15 is 0 Å². The first kappa shape index (κ1) is 12.6. The highest BCUT2D eigenvalue weighted by Crippen LogP contribution is 2.21. The van der Waals surface area contributed by atoms with Crippen LogP contribution in [0.4, 0.5) is 0 Å². The number of thioether (sulfide) groups is 1. The second kappa shape index (κ2) is 6.92. The molecule has 1 nitrogen and oxygen atoms in total. The molecule has 0 saturated carbocycles. The van der Waals surface area contributed by atoms with E-state index in [0.29, 0.717) is 0 Å². The Morgan fingerprint density at radius 2 is 2.00 bits per heavy atom. The molecule has 16 heavy (non-hydrogen) atoms. The lowest BCUT2D eigenvalue weighted by Crippen LogP contribution is -1.85. The minimum absolute atomic E-state index is 0.964. The van der Waals surface area contributed by atoms with E-state index in [1.54, 1.807) is 0 Å². The molecule has 0 fully saturated rings. The van der Waals surface area contributed by atoms with Crippen molar-refractivity contribution in [2.24, 2.45) is 0 Å². The van der Waals surface area contributed by atoms with Crippen LogP contribution < -0.4 is 0 Å². The Morgan fingerprint density at radius 1 is 1.31 bits per heavy atom. The molecule has 0 amide bonds. The van der Waals surface area contributed by atoms with Crippen molar-refractivity contribution in [1.82, 2.24) is 0 Å². The second-order valence-electron chi connectivity index (χ2n) is 3.53. The normalized spacial score (nSPS) is 12.3. The van der Waals surface area contributed by atoms with E-state index in [1.165, 1.54) is 22.1 Å². The minimum Gasteiger partial charge on any atom is -0.193 e. The third-order valence-electron chi connectivity index (χ3n) is 2.28. The summed E-state index contributed by atoms with van der Waals surface area (Å²) in [5.41, 5.74) is 2.48. The zero-order valence-corrected chi connectivity index (χ0v) is 10.4. The maximum Gasteiger partial charge on any atom is 0.0912 e. The van der Waals surface area contributed by atoms with Gasteiger partial charge in [-0.3, -0.25) is 0 Å². The molecule has 0 heterocycles. The number of hydrogen-bond acceptors (Lipinski definition) is 2. The molecule has 2 heteroatoms. The van der Waals surface area contributed by atoms with Crippen LogP contribution in [0, 0.1) is 11.3 Å². The molecule has 0 unspecified atom stereocenters. The Hall–Kier alpha value is -1.46. The van der Waals surface area contributed by atoms with Gasteiger partial charge in [-0.25, -0.2) is 0 Å². The number of nitriles is 1. The summed E-state index contributed by atoms with van der Waals surface area (Å²) in [4.78, 5) is 1.28. The van der Waals surface area contributed by atoms with Crippen molar-refractivity contribution in [1.29, 1.82) is 5.26 Å². The SMILES string of the molecule is CC(/C=C/C#N)=C(/C)CSc1ccccc1. The van der Waals surface area contributed by atoms with Gasteiger partial charge in [0.1, 0.15) is 0 Å². The number of benzene rings is 1. The standard InChI is InChI=1S/C14H15NS/c1-12(7-6-10-15)13(2)11-16-14-8-4-3-5-9-14/h3-9H,11H2,1-2H3/b7-6+,13-12+. The minimum atomic E-state index is 0.964. The molecule has 0 radical (unpaired) electrons. The maximum atomic E-state index is 8.44. The first-order valence-electron chi connectivity index (χ1n) is 5.14. The quantitative estimate of drug-likeness (QED) is 0.439. The van der Waals surface area contributed by atoms with Gasteiger partial charge in [0.2, 0.25) is 0 Å². The van der Waals surface area contributed by atoms with Gasteiger partial charge in [0.25, 0.3) is 0 Å². The fraction of sp³-hybridized carbons (Fsp3) is 0.214. The number of rotatable bonds is 4. The zero-order valence-electron chi connectivity index (χ0n) is 9.60. The van der Waals surface area contributed by atoms with Crippen molar-refractivity contribution in [3.05, 3.63) is 53.6 Å². The largest absolute Gasteiger partial charge is 0.193 e. The summed E-state index contributed by atoms with van der Waals surface area (Å²) in [6.07, 6.45) is 3.38. The van der Waals surface area contributed by atoms with Crippen molar-refractivity contribution in [2.75, 3.05) is 5.75 Å². The molecule has 0 atom stereocenters. The first-order chi connectivity index (χ1) is 7.74. The number of allylic oxidation sites excluding steroid dienone is 3. The van der Waals surface area contributed by atoms with Crippen molar-refractivity contribution < 1.29 is 0 Å². The zero-order chi connectivity index (χ0) is 11.8. The predicted octanol–water partition coefficient (Wildman–Crippen LogP) is 4.19. The molecule has 0 spiro atoms. The lowest BCUT2D eigenvalue weighted by Gasteiger charge is -2.04. The van der Waals surface area contributed by atoms with Gasteiger partial charge in [-0.2, -0.15) is 5.26 Å². The van der Waals surface area contributed by atoms with Gasteiger partial charge in [0.15, 0.2) is 0 Å². The summed E-state index contributed by atoms with van der Waals surface area (Å²) in [5, 5.41) is 8.44. The summed E-state index contributed by atoms with van der Waals surface area (Å²) in [7, 11) is 0. The molecule has 82 valence electrons. The van der Waals surface area contributed by atoms with Crippen LogP contribution in [0.1, 0.15) is 13.8 Å². The van der Waals surface area contributed by atoms with Crippen molar-refractivity contribution >= 4 is 11.8 Å². The Labute approximate surface area is 101 Å². The van der Waals surface area contributed by atoms with Crippen LogP contribution in [0.5, 0.6) is 0 Å². The van der Waals surface area contributed by atoms with E-state index in [9.17, 15) is 0 Å². The average Bonchev–Trinajstić information content (AvgIpc) is 2.34. The summed E-state index contributed by atoms with van der Waals surface area (Å²) in [5.74, 6) is 0.964. The highest BCUT2D eigenvalue weighted by atomic mass is 32.2. The number of hydrogen-bond donors (Lipinski definition) is 0. The molecule has 0 aliphatic rings. The van der Waals surface area contributed by atoms with Crippen molar-refractivity contribution in [3.8, 4) is 6.07 Å². The van der Waals surface area contributed by atoms with Crippen LogP contribution >= 0.6 is 11.8 Å². The van der Waals surface area contributed by atoms with E-state index in [0.717, 1.165) is 5.75 Å². The second-order valence-corrected chi connectivity index (χ2v) is 4.58. The Kier molecular flexibility index (Phi) is 5.45. The van der Waals surface area contributed by atoms with Crippen LogP contribution in [0.15, 0.2) is 58.5 Å².